The molecule has 2 unspecified atom stereocenters. The Bertz CT molecular complexity index is 2220. The Morgan fingerprint density at radius 3 is 2.38 bits per heavy atom. The first-order valence-electron chi connectivity index (χ1n) is 18.9. The molecule has 0 aliphatic carbocycles. The van der Waals surface area contributed by atoms with Gasteiger partial charge in [-0.05, 0) is 19.8 Å². The van der Waals surface area contributed by atoms with Gasteiger partial charge in [0.2, 0.25) is 17.7 Å². The summed E-state index contributed by atoms with van der Waals surface area (Å²) in [5.74, 6) is -1.34. The van der Waals surface area contributed by atoms with E-state index in [0.29, 0.717) is 36.5 Å². The summed E-state index contributed by atoms with van der Waals surface area (Å²) in [7, 11) is -16.5. The number of ketones is 1. The van der Waals surface area contributed by atoms with E-state index < -0.39 is 84.6 Å². The number of hydrogen-bond donors (Lipinski definition) is 11. The van der Waals surface area contributed by atoms with Crippen molar-refractivity contribution in [3.63, 3.8) is 0 Å². The summed E-state index contributed by atoms with van der Waals surface area (Å²) in [5, 5.41) is 47.2. The second-order valence-corrected chi connectivity index (χ2v) is 20.1. The predicted molar refractivity (Wildman–Crippen MR) is 217 cm³/mol. The van der Waals surface area contributed by atoms with Crippen molar-refractivity contribution in [1.29, 1.82) is 0 Å². The Kier molecular flexibility index (Phi) is 18.3. The van der Waals surface area contributed by atoms with Gasteiger partial charge in [-0.2, -0.15) is 4.31 Å². The number of amides is 2. The molecule has 63 heavy (non-hydrogen) atoms. The van der Waals surface area contributed by atoms with Gasteiger partial charge in [-0.1, -0.05) is 20.3 Å². The van der Waals surface area contributed by atoms with E-state index in [1.807, 2.05) is 0 Å². The standard InChI is InChI=1S/C32H51N8O19P3S/c1-18(41)7-5-4-6-11-39-22(43)13-20(30(39)47)63-12-10-34-21(42)8-9-35-29(46)26(45)32(2,3)15-56-62(53,54)59-61(51,52)55-14-19-25(58-60(48,49)50)24(44)31(57-19)40-17-38-23-27(33)36-16-37-28(23)40/h13,16-17,19,24-26,31,43-45,47H,4-12,14-15H2,1-3H3,(H,34,42)(H,35,46)(H,51,52)(H,53,54)(H2,33,36,37)(H2,48,49,50)/t19-,24-,25-,26-,31-/m0/s1. The van der Waals surface area contributed by atoms with E-state index in [2.05, 4.69) is 34.4 Å². The molecule has 1 saturated heterocycles. The molecule has 1 fully saturated rings. The van der Waals surface area contributed by atoms with Crippen LogP contribution >= 0.6 is 35.2 Å². The molecule has 0 saturated carbocycles. The predicted octanol–water partition coefficient (Wildman–Crippen LogP) is 0.559. The number of anilines is 1. The van der Waals surface area contributed by atoms with Gasteiger partial charge in [0.15, 0.2) is 23.6 Å². The van der Waals surface area contributed by atoms with E-state index in [4.69, 9.17) is 19.5 Å². The second-order valence-electron chi connectivity index (χ2n) is 14.8. The van der Waals surface area contributed by atoms with Crippen molar-refractivity contribution in [1.82, 2.24) is 34.7 Å². The SMILES string of the molecule is CC(=O)CCCCCn1c(O)cc(SCCNC(=O)CCNC(=O)[C@H](O)C(C)(C)COP(=O)(O)OP(=O)(O)OC[C@@H]2O[C@H](n3cnc4c(N)ncnc43)[C@@H](O)[C@H]2OP(=O)(O)O)c1O. The van der Waals surface area contributed by atoms with Crippen LogP contribution in [0.5, 0.6) is 11.8 Å². The fraction of sp³-hybridized carbons (Fsp3) is 0.625. The molecule has 0 aromatic carbocycles. The van der Waals surface area contributed by atoms with Crippen LogP contribution < -0.4 is 16.4 Å². The molecule has 4 rings (SSSR count). The monoisotopic (exact) mass is 976 g/mol. The Hall–Kier alpha value is -3.56. The maximum absolute atomic E-state index is 12.7. The lowest BCUT2D eigenvalue weighted by molar-refractivity contribution is -0.137. The number of aliphatic hydroxyl groups excluding tert-OH is 2. The van der Waals surface area contributed by atoms with Gasteiger partial charge in [0.05, 0.1) is 24.4 Å². The van der Waals surface area contributed by atoms with Gasteiger partial charge >= 0.3 is 23.5 Å². The highest BCUT2D eigenvalue weighted by Crippen LogP contribution is 2.61. The molecule has 3 aromatic heterocycles. The van der Waals surface area contributed by atoms with Crippen LogP contribution in [0.4, 0.5) is 5.82 Å². The molecule has 0 bridgehead atoms. The van der Waals surface area contributed by atoms with E-state index >= 15 is 0 Å². The van der Waals surface area contributed by atoms with E-state index in [-0.39, 0.29) is 54.0 Å². The number of aromatic hydroxyl groups is 2. The molecule has 3 aromatic rings. The van der Waals surface area contributed by atoms with Gasteiger partial charge in [0.1, 0.15) is 42.0 Å². The van der Waals surface area contributed by atoms with Crippen molar-refractivity contribution in [2.24, 2.45) is 5.41 Å². The average molecular weight is 977 g/mol. The Labute approximate surface area is 363 Å². The molecule has 7 atom stereocenters. The number of nitrogen functional groups attached to an aromatic ring is 1. The smallest absolute Gasteiger partial charge is 0.481 e. The number of phosphoric acid groups is 3. The zero-order chi connectivity index (χ0) is 46.9. The Balaban J connectivity index is 1.19. The minimum Gasteiger partial charge on any atom is -0.494 e. The molecular weight excluding hydrogens is 925 g/mol. The summed E-state index contributed by atoms with van der Waals surface area (Å²) in [4.78, 5) is 87.6. The lowest BCUT2D eigenvalue weighted by Crippen LogP contribution is -2.46. The van der Waals surface area contributed by atoms with Crippen LogP contribution in [-0.4, -0.2) is 138 Å². The number of carbonyl (C=O) groups is 3. The van der Waals surface area contributed by atoms with E-state index in [1.165, 1.54) is 43.2 Å². The minimum atomic E-state index is -5.59. The second kappa shape index (κ2) is 22.1. The van der Waals surface area contributed by atoms with E-state index in [0.717, 1.165) is 23.6 Å². The number of phosphoric ester groups is 3. The number of Topliss-reactive ketones (excluding diaryl/α,β-unsaturated/α-hetero) is 1. The van der Waals surface area contributed by atoms with Gasteiger partial charge in [-0.3, -0.25) is 32.3 Å². The highest BCUT2D eigenvalue weighted by Gasteiger charge is 2.50. The molecule has 0 radical (unpaired) electrons. The fourth-order valence-electron chi connectivity index (χ4n) is 5.94. The van der Waals surface area contributed by atoms with Gasteiger partial charge in [-0.25, -0.2) is 28.6 Å². The highest BCUT2D eigenvalue weighted by atomic mass is 32.2. The minimum absolute atomic E-state index is 0.0225. The van der Waals surface area contributed by atoms with Crippen LogP contribution in [0.2, 0.25) is 0 Å². The highest BCUT2D eigenvalue weighted by molar-refractivity contribution is 7.99. The number of aromatic nitrogens is 5. The number of nitrogens with zero attached hydrogens (tertiary/aromatic N) is 5. The van der Waals surface area contributed by atoms with Gasteiger partial charge in [-0.15, -0.1) is 11.8 Å². The molecule has 1 aliphatic heterocycles. The number of unbranched alkanes of at least 4 members (excludes halogenated alkanes) is 2. The molecule has 0 spiro atoms. The number of nitrogens with two attached hydrogens (primary N) is 1. The van der Waals surface area contributed by atoms with Crippen molar-refractivity contribution in [3.8, 4) is 11.8 Å². The molecule has 2 amide bonds. The summed E-state index contributed by atoms with van der Waals surface area (Å²) >= 11 is 1.19. The lowest BCUT2D eigenvalue weighted by Gasteiger charge is -2.30. The third-order valence-electron chi connectivity index (χ3n) is 9.18. The number of imidazole rings is 1. The topological polar surface area (TPSA) is 409 Å². The van der Waals surface area contributed by atoms with Crippen LogP contribution in [0.1, 0.15) is 59.1 Å². The van der Waals surface area contributed by atoms with Crippen LogP contribution in [0.15, 0.2) is 23.6 Å². The number of rotatable bonds is 26. The number of hydrogen-bond acceptors (Lipinski definition) is 20. The van der Waals surface area contributed by atoms with Gasteiger partial charge < -0.3 is 65.9 Å². The summed E-state index contributed by atoms with van der Waals surface area (Å²) in [6, 6.07) is 1.40. The molecule has 4 heterocycles. The molecule has 31 heteroatoms. The number of ether oxygens (including phenoxy) is 1. The molecule has 27 nitrogen and oxygen atoms in total. The summed E-state index contributed by atoms with van der Waals surface area (Å²) in [5.41, 5.74) is 4.22. The molecule has 12 N–H and O–H groups in total. The summed E-state index contributed by atoms with van der Waals surface area (Å²) < 4.78 is 63.6. The molecular formula is C32H51N8O19P3S. The number of thioether (sulfide) groups is 1. The number of nitrogens with one attached hydrogen (secondary N) is 2. The zero-order valence-corrected chi connectivity index (χ0v) is 37.5. The quantitative estimate of drug-likeness (QED) is 0.0297. The van der Waals surface area contributed by atoms with Crippen LogP contribution in [0.25, 0.3) is 11.2 Å². The lowest BCUT2D eigenvalue weighted by atomic mass is 9.87. The van der Waals surface area contributed by atoms with Crippen LogP contribution in [0, 0.1) is 5.41 Å². The average Bonchev–Trinajstić information content (AvgIpc) is 3.83. The van der Waals surface area contributed by atoms with Crippen LogP contribution in [0.3, 0.4) is 0 Å². The Morgan fingerprint density at radius 2 is 1.70 bits per heavy atom. The zero-order valence-electron chi connectivity index (χ0n) is 34.0. The molecule has 354 valence electrons. The largest absolute Gasteiger partial charge is 0.494 e. The van der Waals surface area contributed by atoms with Gasteiger partial charge in [0.25, 0.3) is 0 Å². The van der Waals surface area contributed by atoms with Crippen molar-refractivity contribution >= 4 is 69.8 Å². The number of carbonyl (C=O) groups excluding carboxylic acids is 3. The van der Waals surface area contributed by atoms with E-state index in [1.54, 1.807) is 0 Å². The first kappa shape index (κ1) is 52.1. The molecule has 1 aliphatic rings. The number of aliphatic hydroxyl groups is 2. The van der Waals surface area contributed by atoms with Gasteiger partial charge in [0, 0.05) is 49.7 Å². The van der Waals surface area contributed by atoms with Crippen molar-refractivity contribution in [2.45, 2.75) is 95.0 Å². The first-order valence-corrected chi connectivity index (χ1v) is 24.4. The van der Waals surface area contributed by atoms with E-state index in [9.17, 15) is 68.1 Å². The normalized spacial score (nSPS) is 20.6. The van der Waals surface area contributed by atoms with Crippen molar-refractivity contribution in [3.05, 3.63) is 18.7 Å². The first-order chi connectivity index (χ1) is 29.3. The Morgan fingerprint density at radius 1 is 1.00 bits per heavy atom. The maximum atomic E-state index is 12.7. The summed E-state index contributed by atoms with van der Waals surface area (Å²) in [6.45, 7) is 2.23. The third-order valence-corrected chi connectivity index (χ3v) is 13.3. The number of fused-ring (bicyclic) bond motifs is 1. The van der Waals surface area contributed by atoms with Crippen LogP contribution in [-0.2, 0) is 57.2 Å². The third kappa shape index (κ3) is 15.3. The fourth-order valence-corrected chi connectivity index (χ4v) is 9.62. The van der Waals surface area contributed by atoms with Crippen molar-refractivity contribution in [2.75, 3.05) is 37.8 Å². The summed E-state index contributed by atoms with van der Waals surface area (Å²) in [6.07, 6.45) is -4.47. The van der Waals surface area contributed by atoms with Crippen molar-refractivity contribution < 1.29 is 90.7 Å². The maximum Gasteiger partial charge on any atom is 0.481 e.